The number of nitrogen functional groups attached to an aromatic ring is 1. The maximum atomic E-state index is 6.31. The molecule has 1 atom stereocenters. The van der Waals surface area contributed by atoms with Gasteiger partial charge in [0.05, 0.1) is 18.4 Å². The van der Waals surface area contributed by atoms with E-state index < -0.39 is 0 Å². The minimum Gasteiger partial charge on any atom is -0.481 e. The van der Waals surface area contributed by atoms with Crippen LogP contribution in [0.3, 0.4) is 0 Å². The number of hydrogen-bond donors (Lipinski definition) is 1. The highest BCUT2D eigenvalue weighted by molar-refractivity contribution is 5.77. The van der Waals surface area contributed by atoms with E-state index in [1.807, 2.05) is 14.0 Å². The highest BCUT2D eigenvalue weighted by Crippen LogP contribution is 2.37. The van der Waals surface area contributed by atoms with Crippen LogP contribution >= 0.6 is 0 Å². The second-order valence-corrected chi connectivity index (χ2v) is 5.60. The standard InChI is InChI=1S/C14H21N5O/c1-8-5-6-19-10(7-8)16-12(13(19)15)11-9(2)17-18(3)14(11)20-4/h8H,5-7,15H2,1-4H3. The average molecular weight is 275 g/mol. The molecular formula is C14H21N5O. The number of nitrogens with zero attached hydrogens (tertiary/aromatic N) is 4. The molecule has 2 aromatic rings. The van der Waals surface area contributed by atoms with Crippen LogP contribution in [0, 0.1) is 12.8 Å². The Morgan fingerprint density at radius 3 is 2.85 bits per heavy atom. The smallest absolute Gasteiger partial charge is 0.221 e. The lowest BCUT2D eigenvalue weighted by Crippen LogP contribution is -2.18. The lowest BCUT2D eigenvalue weighted by Gasteiger charge is -2.20. The molecule has 1 aliphatic rings. The van der Waals surface area contributed by atoms with E-state index >= 15 is 0 Å². The van der Waals surface area contributed by atoms with Gasteiger partial charge in [-0.3, -0.25) is 0 Å². The van der Waals surface area contributed by atoms with Gasteiger partial charge in [-0.25, -0.2) is 9.67 Å². The monoisotopic (exact) mass is 275 g/mol. The van der Waals surface area contributed by atoms with Crippen molar-refractivity contribution in [2.75, 3.05) is 12.8 Å². The topological polar surface area (TPSA) is 70.9 Å². The highest BCUT2D eigenvalue weighted by Gasteiger charge is 2.26. The molecule has 108 valence electrons. The molecule has 0 aliphatic carbocycles. The summed E-state index contributed by atoms with van der Waals surface area (Å²) in [6, 6.07) is 0. The zero-order valence-corrected chi connectivity index (χ0v) is 12.5. The number of imidazole rings is 1. The molecule has 0 fully saturated rings. The summed E-state index contributed by atoms with van der Waals surface area (Å²) in [5.41, 5.74) is 8.91. The van der Waals surface area contributed by atoms with Crippen LogP contribution < -0.4 is 10.5 Å². The fourth-order valence-corrected chi connectivity index (χ4v) is 3.01. The molecule has 1 unspecified atom stereocenters. The van der Waals surface area contributed by atoms with Crippen molar-refractivity contribution in [2.45, 2.75) is 33.2 Å². The first-order valence-electron chi connectivity index (χ1n) is 6.95. The van der Waals surface area contributed by atoms with Crippen LogP contribution in [0.1, 0.15) is 24.9 Å². The van der Waals surface area contributed by atoms with Gasteiger partial charge in [-0.15, -0.1) is 0 Å². The van der Waals surface area contributed by atoms with Crippen LogP contribution in [0.25, 0.3) is 11.3 Å². The van der Waals surface area contributed by atoms with Crippen molar-refractivity contribution in [3.8, 4) is 17.1 Å². The third-order valence-corrected chi connectivity index (χ3v) is 4.06. The molecule has 1 aliphatic heterocycles. The summed E-state index contributed by atoms with van der Waals surface area (Å²) in [4.78, 5) is 4.76. The third-order valence-electron chi connectivity index (χ3n) is 4.06. The summed E-state index contributed by atoms with van der Waals surface area (Å²) < 4.78 is 9.31. The zero-order valence-electron chi connectivity index (χ0n) is 12.5. The van der Waals surface area contributed by atoms with Crippen LogP contribution in [0.15, 0.2) is 0 Å². The summed E-state index contributed by atoms with van der Waals surface area (Å²) in [5, 5.41) is 4.41. The van der Waals surface area contributed by atoms with Crippen LogP contribution in [0.4, 0.5) is 5.82 Å². The normalized spacial score (nSPS) is 18.1. The minimum atomic E-state index is 0.661. The van der Waals surface area contributed by atoms with E-state index in [2.05, 4.69) is 16.6 Å². The zero-order chi connectivity index (χ0) is 14.4. The molecule has 0 amide bonds. The van der Waals surface area contributed by atoms with Crippen molar-refractivity contribution >= 4 is 5.82 Å². The number of aromatic nitrogens is 4. The minimum absolute atomic E-state index is 0.661. The first-order valence-corrected chi connectivity index (χ1v) is 6.95. The molecule has 6 heteroatoms. The average Bonchev–Trinajstić information content (AvgIpc) is 2.86. The predicted molar refractivity (Wildman–Crippen MR) is 77.6 cm³/mol. The van der Waals surface area contributed by atoms with E-state index in [1.54, 1.807) is 11.8 Å². The summed E-state index contributed by atoms with van der Waals surface area (Å²) in [5.74, 6) is 3.16. The van der Waals surface area contributed by atoms with E-state index in [4.69, 9.17) is 15.5 Å². The molecule has 0 spiro atoms. The first-order chi connectivity index (χ1) is 9.52. The van der Waals surface area contributed by atoms with E-state index in [9.17, 15) is 0 Å². The van der Waals surface area contributed by atoms with Gasteiger partial charge in [-0.05, 0) is 19.3 Å². The fourth-order valence-electron chi connectivity index (χ4n) is 3.01. The van der Waals surface area contributed by atoms with Crippen LogP contribution in [0.5, 0.6) is 5.88 Å². The molecule has 3 rings (SSSR count). The second-order valence-electron chi connectivity index (χ2n) is 5.60. The van der Waals surface area contributed by atoms with Crippen molar-refractivity contribution in [1.82, 2.24) is 19.3 Å². The molecule has 0 saturated carbocycles. The molecule has 2 aromatic heterocycles. The molecule has 0 radical (unpaired) electrons. The van der Waals surface area contributed by atoms with Crippen molar-refractivity contribution in [3.05, 3.63) is 11.5 Å². The molecular weight excluding hydrogens is 254 g/mol. The number of ether oxygens (including phenoxy) is 1. The maximum absolute atomic E-state index is 6.31. The summed E-state index contributed by atoms with van der Waals surface area (Å²) in [6.07, 6.45) is 2.13. The predicted octanol–water partition coefficient (Wildman–Crippen LogP) is 1.77. The number of anilines is 1. The summed E-state index contributed by atoms with van der Waals surface area (Å²) in [6.45, 7) is 5.15. The Morgan fingerprint density at radius 2 is 2.15 bits per heavy atom. The number of aryl methyl sites for hydroxylation is 2. The van der Waals surface area contributed by atoms with Crippen molar-refractivity contribution in [3.63, 3.8) is 0 Å². The van der Waals surface area contributed by atoms with Crippen LogP contribution in [0.2, 0.25) is 0 Å². The number of rotatable bonds is 2. The molecule has 0 saturated heterocycles. The van der Waals surface area contributed by atoms with Gasteiger partial charge in [0, 0.05) is 20.0 Å². The molecule has 20 heavy (non-hydrogen) atoms. The molecule has 2 N–H and O–H groups in total. The van der Waals surface area contributed by atoms with Gasteiger partial charge >= 0.3 is 0 Å². The molecule has 0 aromatic carbocycles. The first kappa shape index (κ1) is 13.0. The van der Waals surface area contributed by atoms with Gasteiger partial charge < -0.3 is 15.0 Å². The Labute approximate surface area is 118 Å². The third kappa shape index (κ3) is 1.78. The fraction of sp³-hybridized carbons (Fsp3) is 0.571. The molecule has 3 heterocycles. The van der Waals surface area contributed by atoms with Gasteiger partial charge in [-0.2, -0.15) is 5.10 Å². The van der Waals surface area contributed by atoms with Gasteiger partial charge in [0.15, 0.2) is 0 Å². The van der Waals surface area contributed by atoms with Gasteiger partial charge in [-0.1, -0.05) is 6.92 Å². The van der Waals surface area contributed by atoms with E-state index in [1.165, 1.54) is 0 Å². The van der Waals surface area contributed by atoms with Crippen LogP contribution in [-0.4, -0.2) is 26.4 Å². The molecule has 0 bridgehead atoms. The number of nitrogens with two attached hydrogens (primary N) is 1. The highest BCUT2D eigenvalue weighted by atomic mass is 16.5. The largest absolute Gasteiger partial charge is 0.481 e. The number of fused-ring (bicyclic) bond motifs is 1. The van der Waals surface area contributed by atoms with Crippen molar-refractivity contribution in [1.29, 1.82) is 0 Å². The van der Waals surface area contributed by atoms with E-state index in [0.717, 1.165) is 48.0 Å². The Kier molecular flexibility index (Phi) is 2.96. The number of methoxy groups -OCH3 is 1. The van der Waals surface area contributed by atoms with Gasteiger partial charge in [0.1, 0.15) is 17.3 Å². The van der Waals surface area contributed by atoms with Crippen molar-refractivity contribution < 1.29 is 4.74 Å². The SMILES string of the molecule is COc1c(-c2nc3n(c2N)CCC(C)C3)c(C)nn1C. The quantitative estimate of drug-likeness (QED) is 0.906. The second kappa shape index (κ2) is 4.54. The summed E-state index contributed by atoms with van der Waals surface area (Å²) in [7, 11) is 3.51. The maximum Gasteiger partial charge on any atom is 0.221 e. The van der Waals surface area contributed by atoms with Gasteiger partial charge in [0.25, 0.3) is 0 Å². The lowest BCUT2D eigenvalue weighted by molar-refractivity contribution is 0.374. The van der Waals surface area contributed by atoms with E-state index in [0.29, 0.717) is 11.8 Å². The Bertz CT molecular complexity index is 655. The number of hydrogen-bond acceptors (Lipinski definition) is 4. The van der Waals surface area contributed by atoms with E-state index in [-0.39, 0.29) is 0 Å². The Morgan fingerprint density at radius 1 is 1.40 bits per heavy atom. The molecule has 6 nitrogen and oxygen atoms in total. The Balaban J connectivity index is 2.17. The van der Waals surface area contributed by atoms with Crippen molar-refractivity contribution in [2.24, 2.45) is 13.0 Å². The summed E-state index contributed by atoms with van der Waals surface area (Å²) >= 11 is 0. The lowest BCUT2D eigenvalue weighted by atomic mass is 10.0. The Hall–Kier alpha value is -1.98. The van der Waals surface area contributed by atoms with Gasteiger partial charge in [0.2, 0.25) is 5.88 Å². The van der Waals surface area contributed by atoms with Crippen LogP contribution in [-0.2, 0) is 20.0 Å².